The van der Waals surface area contributed by atoms with Crippen LogP contribution in [0.15, 0.2) is 34.3 Å². The van der Waals surface area contributed by atoms with E-state index in [2.05, 4.69) is 97.7 Å². The van der Waals surface area contributed by atoms with Gasteiger partial charge in [-0.1, -0.05) is 32.8 Å². The van der Waals surface area contributed by atoms with Crippen LogP contribution >= 0.6 is 11.3 Å². The molecule has 6 bridgehead atoms. The monoisotopic (exact) mass is 1120 g/mol. The molecule has 2 aliphatic carbocycles. The number of carbonyl (C=O) groups excluding carboxylic acids is 4. The first kappa shape index (κ1) is 54.6. The van der Waals surface area contributed by atoms with E-state index in [1.165, 1.54) is 35.3 Å². The van der Waals surface area contributed by atoms with E-state index in [-0.39, 0.29) is 66.2 Å². The summed E-state index contributed by atoms with van der Waals surface area (Å²) in [5.41, 5.74) is 10.1. The molecule has 0 radical (unpaired) electrons. The van der Waals surface area contributed by atoms with Crippen molar-refractivity contribution >= 4 is 57.7 Å². The van der Waals surface area contributed by atoms with Crippen molar-refractivity contribution in [2.24, 2.45) is 27.7 Å². The van der Waals surface area contributed by atoms with Crippen LogP contribution in [0.1, 0.15) is 115 Å². The molecule has 6 saturated heterocycles. The number of thiazole rings is 1. The Bertz CT molecular complexity index is 2920. The lowest BCUT2D eigenvalue weighted by Gasteiger charge is -2.56. The number of hydrogen-bond donors (Lipinski definition) is 3. The van der Waals surface area contributed by atoms with Gasteiger partial charge in [-0.15, -0.1) is 11.3 Å². The lowest BCUT2D eigenvalue weighted by atomic mass is 9.72. The van der Waals surface area contributed by atoms with Gasteiger partial charge in [0.15, 0.2) is 0 Å². The summed E-state index contributed by atoms with van der Waals surface area (Å²) in [6, 6.07) is 5.42. The molecule has 2 saturated carbocycles. The SMILES string of the molecule is CCn1c(C2=C([C@H](C)OC)N=C[C@H](N3CCN4CCOC[C@@H]4C3)C2)c2c3cc(ccc31)-c1csc(n1)C[C@H](NC(=O)[C@H](C1CCCC1)N1CCCC3(CN(C(=O)[C@@H]4N[C@@H]4C4CC4)C3)C1)C(=O)N1CCC[C@H](N1)C(=O)OCC(C)(C)C2. The fourth-order valence-corrected chi connectivity index (χ4v) is 16.3. The number of esters is 1. The number of cyclic esters (lactones) is 1. The van der Waals surface area contributed by atoms with Crippen molar-refractivity contribution in [1.82, 2.24) is 50.2 Å². The van der Waals surface area contributed by atoms with Gasteiger partial charge in [0.05, 0.1) is 54.1 Å². The number of piperazine rings is 1. The molecule has 8 atom stereocenters. The van der Waals surface area contributed by atoms with E-state index in [9.17, 15) is 9.59 Å². The molecular formula is C61H85N11O7S. The molecule has 10 heterocycles. The number of morpholine rings is 1. The Balaban J connectivity index is 0.816. The van der Waals surface area contributed by atoms with Crippen molar-refractivity contribution in [1.29, 1.82) is 0 Å². The number of carbonyl (C=O) groups is 4. The average Bonchev–Trinajstić information content (AvgIpc) is 4.46. The summed E-state index contributed by atoms with van der Waals surface area (Å²) in [7, 11) is 1.76. The molecule has 1 aromatic carbocycles. The van der Waals surface area contributed by atoms with Crippen LogP contribution in [0.5, 0.6) is 0 Å². The third-order valence-corrected chi connectivity index (χ3v) is 20.8. The minimum absolute atomic E-state index is 0.0236. The number of aromatic nitrogens is 2. The van der Waals surface area contributed by atoms with Gasteiger partial charge in [-0.3, -0.25) is 49.2 Å². The summed E-state index contributed by atoms with van der Waals surface area (Å²) in [6.45, 7) is 18.4. The molecular weight excluding hydrogens is 1030 g/mol. The summed E-state index contributed by atoms with van der Waals surface area (Å²) in [6.07, 6.45) is 13.2. The van der Waals surface area contributed by atoms with Crippen molar-refractivity contribution in [3.8, 4) is 11.3 Å². The third-order valence-electron chi connectivity index (χ3n) is 20.0. The van der Waals surface area contributed by atoms with E-state index in [4.69, 9.17) is 24.2 Å². The number of nitrogens with zero attached hydrogens (tertiary/aromatic N) is 8. The molecule has 2 aromatic heterocycles. The van der Waals surface area contributed by atoms with Gasteiger partial charge >= 0.3 is 5.97 Å². The van der Waals surface area contributed by atoms with Crippen molar-refractivity contribution in [2.45, 2.75) is 166 Å². The quantitative estimate of drug-likeness (QED) is 0.167. The van der Waals surface area contributed by atoms with Crippen molar-refractivity contribution in [2.75, 3.05) is 85.8 Å². The Hall–Kier alpha value is -4.60. The summed E-state index contributed by atoms with van der Waals surface area (Å²) in [5.74, 6) is 0.289. The van der Waals surface area contributed by atoms with E-state index >= 15 is 9.59 Å². The zero-order valence-corrected chi connectivity index (χ0v) is 48.7. The third kappa shape index (κ3) is 10.7. The van der Waals surface area contributed by atoms with Crippen LogP contribution in [0, 0.1) is 22.7 Å². The van der Waals surface area contributed by atoms with Crippen LogP contribution in [0.2, 0.25) is 0 Å². The van der Waals surface area contributed by atoms with Crippen molar-refractivity contribution in [3.63, 3.8) is 0 Å². The molecule has 432 valence electrons. The molecule has 80 heavy (non-hydrogen) atoms. The molecule has 3 N–H and O–H groups in total. The van der Waals surface area contributed by atoms with Gasteiger partial charge in [0.2, 0.25) is 11.8 Å². The van der Waals surface area contributed by atoms with Crippen molar-refractivity contribution in [3.05, 3.63) is 45.5 Å². The van der Waals surface area contributed by atoms with Crippen LogP contribution in [0.25, 0.3) is 27.7 Å². The number of rotatable bonds is 11. The molecule has 13 rings (SSSR count). The van der Waals surface area contributed by atoms with Gasteiger partial charge in [0.25, 0.3) is 5.91 Å². The first-order chi connectivity index (χ1) is 38.8. The molecule has 18 nitrogen and oxygen atoms in total. The molecule has 3 amide bonds. The summed E-state index contributed by atoms with van der Waals surface area (Å²) >= 11 is 1.51. The minimum atomic E-state index is -0.930. The van der Waals surface area contributed by atoms with Gasteiger partial charge in [0, 0.05) is 135 Å². The highest BCUT2D eigenvalue weighted by molar-refractivity contribution is 7.10. The Morgan fingerprint density at radius 2 is 1.80 bits per heavy atom. The molecule has 1 spiro atoms. The normalized spacial score (nSPS) is 30.5. The van der Waals surface area contributed by atoms with E-state index in [0.717, 1.165) is 156 Å². The number of fused-ring (bicyclic) bond motifs is 7. The smallest absolute Gasteiger partial charge is 0.324 e. The molecule has 10 aliphatic rings. The summed E-state index contributed by atoms with van der Waals surface area (Å²) in [4.78, 5) is 78.4. The second-order valence-electron chi connectivity index (χ2n) is 26.3. The number of methoxy groups -OCH3 is 1. The minimum Gasteiger partial charge on any atom is -0.464 e. The number of likely N-dealkylation sites (tertiary alicyclic amines) is 2. The standard InChI is InChI=1S/C61H85N11O7S/c1-6-71-49-17-16-40-25-43(49)45(55(71)44-26-41(29-62-51(44)37(2)77-5)68-22-21-67-23-24-78-31-42(67)30-68)28-60(3,4)36-79-59(76)46-13-9-20-72(66-46)57(74)47(27-50-63-48(40)32-80-50)64-56(73)54(39-11-7-8-12-39)69-19-10-18-61(33-69)34-70(35-61)58(75)53-52(65-53)38-14-15-38/h16-17,25,29,32,37-39,41-42,46-47,52-54,65-66H,6-15,18-24,26-28,30-31,33-36H2,1-5H3,(H,64,73)/t37-,41+,42-,46-,47-,52+,53+,54-/m0/s1. The molecule has 8 aliphatic heterocycles. The Kier molecular flexibility index (Phi) is 15.2. The van der Waals surface area contributed by atoms with Crippen LogP contribution in [0.3, 0.4) is 0 Å². The molecule has 3 aromatic rings. The summed E-state index contributed by atoms with van der Waals surface area (Å²) in [5, 5.41) is 12.3. The first-order valence-electron chi connectivity index (χ1n) is 30.6. The predicted octanol–water partition coefficient (Wildman–Crippen LogP) is 5.27. The number of aliphatic imine (C=N–C) groups is 1. The lowest BCUT2D eigenvalue weighted by molar-refractivity contribution is -0.155. The molecule has 0 unspecified atom stereocenters. The maximum Gasteiger partial charge on any atom is 0.324 e. The Labute approximate surface area is 475 Å². The second-order valence-corrected chi connectivity index (χ2v) is 27.2. The van der Waals surface area contributed by atoms with E-state index < -0.39 is 23.5 Å². The number of amides is 3. The number of hydrogen-bond acceptors (Lipinski definition) is 15. The lowest BCUT2D eigenvalue weighted by Crippen LogP contribution is -2.68. The Morgan fingerprint density at radius 1 is 0.975 bits per heavy atom. The van der Waals surface area contributed by atoms with Crippen molar-refractivity contribution < 1.29 is 33.4 Å². The maximum atomic E-state index is 15.3. The van der Waals surface area contributed by atoms with Gasteiger partial charge in [-0.25, -0.2) is 10.4 Å². The number of benzene rings is 1. The average molecular weight is 1120 g/mol. The zero-order chi connectivity index (χ0) is 55.0. The number of hydrazine groups is 1. The predicted molar refractivity (Wildman–Crippen MR) is 308 cm³/mol. The van der Waals surface area contributed by atoms with E-state index in [1.807, 2.05) is 0 Å². The van der Waals surface area contributed by atoms with E-state index in [0.29, 0.717) is 43.8 Å². The Morgan fingerprint density at radius 3 is 2.60 bits per heavy atom. The second kappa shape index (κ2) is 22.2. The largest absolute Gasteiger partial charge is 0.464 e. The highest BCUT2D eigenvalue weighted by atomic mass is 32.1. The fourth-order valence-electron chi connectivity index (χ4n) is 15.4. The number of piperidine rings is 1. The van der Waals surface area contributed by atoms with Crippen LogP contribution in [0.4, 0.5) is 0 Å². The molecule has 8 fully saturated rings. The van der Waals surface area contributed by atoms with Crippen LogP contribution < -0.4 is 16.1 Å². The number of aryl methyl sites for hydroxylation is 1. The molecule has 19 heteroatoms. The van der Waals surface area contributed by atoms with E-state index in [1.54, 1.807) is 12.1 Å². The summed E-state index contributed by atoms with van der Waals surface area (Å²) < 4.78 is 20.8. The fraction of sp³-hybridized carbons (Fsp3) is 0.705. The van der Waals surface area contributed by atoms with Gasteiger partial charge < -0.3 is 29.0 Å². The van der Waals surface area contributed by atoms with Gasteiger partial charge in [-0.2, -0.15) is 0 Å². The number of nitrogens with one attached hydrogen (secondary N) is 3. The van der Waals surface area contributed by atoms with Gasteiger partial charge in [0.1, 0.15) is 18.1 Å². The highest BCUT2D eigenvalue weighted by Gasteiger charge is 2.57. The number of ether oxygens (including phenoxy) is 3. The van der Waals surface area contributed by atoms with Crippen LogP contribution in [-0.2, 0) is 52.8 Å². The van der Waals surface area contributed by atoms with Crippen LogP contribution in [-0.4, -0.2) is 198 Å². The van der Waals surface area contributed by atoms with Gasteiger partial charge in [-0.05, 0) is 114 Å². The topological polar surface area (TPSA) is 188 Å². The maximum absolute atomic E-state index is 15.3. The zero-order valence-electron chi connectivity index (χ0n) is 47.9. The highest BCUT2D eigenvalue weighted by Crippen LogP contribution is 2.46. The first-order valence-corrected chi connectivity index (χ1v) is 31.4.